The van der Waals surface area contributed by atoms with Crippen LogP contribution < -0.4 is 10.2 Å². The molecule has 1 amide bonds. The van der Waals surface area contributed by atoms with Crippen LogP contribution >= 0.6 is 0 Å². The molecule has 0 spiro atoms. The molecule has 4 rings (SSSR count). The van der Waals surface area contributed by atoms with Gasteiger partial charge < -0.3 is 10.2 Å². The van der Waals surface area contributed by atoms with E-state index >= 15 is 0 Å². The third-order valence-corrected chi connectivity index (χ3v) is 5.70. The molecule has 1 fully saturated rings. The molecule has 1 unspecified atom stereocenters. The van der Waals surface area contributed by atoms with Gasteiger partial charge in [0, 0.05) is 45.0 Å². The first kappa shape index (κ1) is 21.1. The molecule has 3 aromatic rings. The Morgan fingerprint density at radius 1 is 1.06 bits per heavy atom. The lowest BCUT2D eigenvalue weighted by Gasteiger charge is -2.36. The third-order valence-electron chi connectivity index (χ3n) is 5.70. The third kappa shape index (κ3) is 4.94. The molecule has 1 aliphatic rings. The molecule has 31 heavy (non-hydrogen) atoms. The van der Waals surface area contributed by atoms with E-state index in [1.54, 1.807) is 6.20 Å². The van der Waals surface area contributed by atoms with Crippen molar-refractivity contribution in [1.82, 2.24) is 25.0 Å². The SMILES string of the molecule is CCc1c(C(=O)NC(C)CN2CCN(c3ccccn3)CC2)cnn1-c1ccccc1. The fourth-order valence-corrected chi connectivity index (χ4v) is 4.13. The standard InChI is InChI=1S/C24H30N6O/c1-3-22-21(17-26-30(22)20-9-5-4-6-10-20)24(31)27-19(2)18-28-13-15-29(16-14-28)23-11-7-8-12-25-23/h4-12,17,19H,3,13-16,18H2,1-2H3,(H,27,31). The van der Waals surface area contributed by atoms with Crippen LogP contribution in [0.2, 0.25) is 0 Å². The number of anilines is 1. The Morgan fingerprint density at radius 2 is 1.81 bits per heavy atom. The summed E-state index contributed by atoms with van der Waals surface area (Å²) in [5, 5.41) is 7.64. The summed E-state index contributed by atoms with van der Waals surface area (Å²) in [6, 6.07) is 16.0. The zero-order chi connectivity index (χ0) is 21.6. The Morgan fingerprint density at radius 3 is 2.48 bits per heavy atom. The highest BCUT2D eigenvalue weighted by molar-refractivity contribution is 5.95. The molecule has 1 aromatic carbocycles. The topological polar surface area (TPSA) is 66.3 Å². The van der Waals surface area contributed by atoms with Crippen molar-refractivity contribution in [1.29, 1.82) is 0 Å². The van der Waals surface area contributed by atoms with E-state index in [1.807, 2.05) is 53.3 Å². The maximum absolute atomic E-state index is 13.0. The van der Waals surface area contributed by atoms with Gasteiger partial charge in [-0.05, 0) is 37.6 Å². The summed E-state index contributed by atoms with van der Waals surface area (Å²) < 4.78 is 1.86. The Hall–Kier alpha value is -3.19. The average Bonchev–Trinajstić information content (AvgIpc) is 3.25. The molecule has 0 bridgehead atoms. The number of hydrogen-bond donors (Lipinski definition) is 1. The van der Waals surface area contributed by atoms with Crippen LogP contribution in [0.15, 0.2) is 60.9 Å². The van der Waals surface area contributed by atoms with Crippen LogP contribution in [0.1, 0.15) is 29.9 Å². The number of pyridine rings is 1. The van der Waals surface area contributed by atoms with Crippen molar-refractivity contribution in [2.45, 2.75) is 26.3 Å². The van der Waals surface area contributed by atoms with Gasteiger partial charge in [-0.15, -0.1) is 0 Å². The number of benzene rings is 1. The first-order chi connectivity index (χ1) is 15.2. The molecule has 1 atom stereocenters. The number of para-hydroxylation sites is 1. The molecular formula is C24H30N6O. The first-order valence-corrected chi connectivity index (χ1v) is 11.0. The summed E-state index contributed by atoms with van der Waals surface area (Å²) in [6.07, 6.45) is 4.25. The van der Waals surface area contributed by atoms with E-state index in [1.165, 1.54) is 0 Å². The minimum atomic E-state index is -0.0568. The second-order valence-corrected chi connectivity index (χ2v) is 7.96. The Kier molecular flexibility index (Phi) is 6.62. The number of rotatable bonds is 7. The summed E-state index contributed by atoms with van der Waals surface area (Å²) in [7, 11) is 0. The van der Waals surface area contributed by atoms with Crippen molar-refractivity contribution in [2.24, 2.45) is 0 Å². The highest BCUT2D eigenvalue weighted by Crippen LogP contribution is 2.16. The van der Waals surface area contributed by atoms with Gasteiger partial charge in [-0.1, -0.05) is 31.2 Å². The van der Waals surface area contributed by atoms with Gasteiger partial charge >= 0.3 is 0 Å². The van der Waals surface area contributed by atoms with Gasteiger partial charge in [0.15, 0.2) is 0 Å². The second-order valence-electron chi connectivity index (χ2n) is 7.96. The van der Waals surface area contributed by atoms with Gasteiger partial charge in [0.05, 0.1) is 23.1 Å². The molecule has 162 valence electrons. The smallest absolute Gasteiger partial charge is 0.255 e. The van der Waals surface area contributed by atoms with Crippen LogP contribution in [0.5, 0.6) is 0 Å². The van der Waals surface area contributed by atoms with Crippen molar-refractivity contribution in [2.75, 3.05) is 37.6 Å². The summed E-state index contributed by atoms with van der Waals surface area (Å²) in [6.45, 7) is 8.76. The highest BCUT2D eigenvalue weighted by Gasteiger charge is 2.22. The fourth-order valence-electron chi connectivity index (χ4n) is 4.13. The van der Waals surface area contributed by atoms with E-state index in [0.717, 1.165) is 56.3 Å². The number of hydrogen-bond acceptors (Lipinski definition) is 5. The molecule has 3 heterocycles. The van der Waals surface area contributed by atoms with Crippen molar-refractivity contribution in [3.63, 3.8) is 0 Å². The van der Waals surface area contributed by atoms with Gasteiger partial charge in [0.25, 0.3) is 5.91 Å². The lowest BCUT2D eigenvalue weighted by atomic mass is 10.1. The van der Waals surface area contributed by atoms with Gasteiger partial charge in [-0.3, -0.25) is 9.69 Å². The minimum absolute atomic E-state index is 0.0543. The van der Waals surface area contributed by atoms with E-state index < -0.39 is 0 Å². The number of piperazine rings is 1. The van der Waals surface area contributed by atoms with E-state index in [0.29, 0.717) is 5.56 Å². The zero-order valence-electron chi connectivity index (χ0n) is 18.2. The molecule has 7 nitrogen and oxygen atoms in total. The predicted octanol–water partition coefficient (Wildman–Crippen LogP) is 2.77. The predicted molar refractivity (Wildman–Crippen MR) is 123 cm³/mol. The van der Waals surface area contributed by atoms with Crippen LogP contribution in [0.25, 0.3) is 5.69 Å². The number of nitrogens with one attached hydrogen (secondary N) is 1. The number of carbonyl (C=O) groups excluding carboxylic acids is 1. The molecule has 1 saturated heterocycles. The Balaban J connectivity index is 1.33. The number of nitrogens with zero attached hydrogens (tertiary/aromatic N) is 5. The molecule has 0 saturated carbocycles. The van der Waals surface area contributed by atoms with E-state index in [-0.39, 0.29) is 11.9 Å². The summed E-state index contributed by atoms with van der Waals surface area (Å²) in [4.78, 5) is 22.1. The van der Waals surface area contributed by atoms with Gasteiger partial charge in [0.1, 0.15) is 5.82 Å². The molecule has 0 radical (unpaired) electrons. The summed E-state index contributed by atoms with van der Waals surface area (Å²) in [5.41, 5.74) is 2.55. The summed E-state index contributed by atoms with van der Waals surface area (Å²) in [5.74, 6) is 0.977. The lowest BCUT2D eigenvalue weighted by Crippen LogP contribution is -2.51. The van der Waals surface area contributed by atoms with Gasteiger partial charge in [0.2, 0.25) is 0 Å². The second kappa shape index (κ2) is 9.75. The number of amides is 1. The normalized spacial score (nSPS) is 15.6. The largest absolute Gasteiger partial charge is 0.354 e. The van der Waals surface area contributed by atoms with Crippen LogP contribution in [0, 0.1) is 0 Å². The molecule has 1 aliphatic heterocycles. The molecule has 2 aromatic heterocycles. The minimum Gasteiger partial charge on any atom is -0.354 e. The quantitative estimate of drug-likeness (QED) is 0.639. The fraction of sp³-hybridized carbons (Fsp3) is 0.375. The van der Waals surface area contributed by atoms with Gasteiger partial charge in [-0.25, -0.2) is 9.67 Å². The zero-order valence-corrected chi connectivity index (χ0v) is 18.2. The maximum Gasteiger partial charge on any atom is 0.255 e. The van der Waals surface area contributed by atoms with Crippen molar-refractivity contribution < 1.29 is 4.79 Å². The molecule has 7 heteroatoms. The molecule has 0 aliphatic carbocycles. The number of aromatic nitrogens is 3. The molecular weight excluding hydrogens is 388 g/mol. The van der Waals surface area contributed by atoms with Crippen molar-refractivity contribution >= 4 is 11.7 Å². The van der Waals surface area contributed by atoms with E-state index in [4.69, 9.17) is 0 Å². The lowest BCUT2D eigenvalue weighted by molar-refractivity contribution is 0.0927. The first-order valence-electron chi connectivity index (χ1n) is 11.0. The van der Waals surface area contributed by atoms with Gasteiger partial charge in [-0.2, -0.15) is 5.10 Å². The molecule has 1 N–H and O–H groups in total. The summed E-state index contributed by atoms with van der Waals surface area (Å²) >= 11 is 0. The highest BCUT2D eigenvalue weighted by atomic mass is 16.1. The Labute approximate surface area is 183 Å². The van der Waals surface area contributed by atoms with Crippen LogP contribution in [-0.2, 0) is 6.42 Å². The monoisotopic (exact) mass is 418 g/mol. The maximum atomic E-state index is 13.0. The average molecular weight is 419 g/mol. The van der Waals surface area contributed by atoms with Crippen LogP contribution in [-0.4, -0.2) is 64.3 Å². The van der Waals surface area contributed by atoms with E-state index in [9.17, 15) is 4.79 Å². The van der Waals surface area contributed by atoms with E-state index in [2.05, 4.69) is 45.1 Å². The Bertz CT molecular complexity index is 980. The van der Waals surface area contributed by atoms with Crippen molar-refractivity contribution in [3.05, 3.63) is 72.2 Å². The van der Waals surface area contributed by atoms with Crippen LogP contribution in [0.3, 0.4) is 0 Å². The van der Waals surface area contributed by atoms with Crippen LogP contribution in [0.4, 0.5) is 5.82 Å². The number of carbonyl (C=O) groups is 1. The van der Waals surface area contributed by atoms with Crippen molar-refractivity contribution in [3.8, 4) is 5.69 Å².